The number of anilines is 1. The summed E-state index contributed by atoms with van der Waals surface area (Å²) in [6, 6.07) is 7.80. The van der Waals surface area contributed by atoms with Gasteiger partial charge in [0.1, 0.15) is 12.4 Å². The van der Waals surface area contributed by atoms with Gasteiger partial charge in [-0.3, -0.25) is 9.36 Å². The van der Waals surface area contributed by atoms with Crippen LogP contribution >= 0.6 is 0 Å². The van der Waals surface area contributed by atoms with E-state index in [0.717, 1.165) is 24.4 Å². The van der Waals surface area contributed by atoms with E-state index in [1.165, 1.54) is 4.57 Å². The average molecular weight is 412 g/mol. The van der Waals surface area contributed by atoms with Crippen LogP contribution in [0.2, 0.25) is 0 Å². The second kappa shape index (κ2) is 8.55. The molecule has 1 aliphatic heterocycles. The quantitative estimate of drug-likeness (QED) is 0.804. The van der Waals surface area contributed by atoms with Crippen molar-refractivity contribution in [2.75, 3.05) is 25.5 Å². The minimum atomic E-state index is -0.364. The molecule has 8 nitrogen and oxygen atoms in total. The van der Waals surface area contributed by atoms with Gasteiger partial charge < -0.3 is 15.0 Å². The number of amides is 1. The average Bonchev–Trinajstić information content (AvgIpc) is 3.13. The van der Waals surface area contributed by atoms with Gasteiger partial charge in [0.05, 0.1) is 12.1 Å². The fourth-order valence-corrected chi connectivity index (χ4v) is 4.87. The number of carbonyl (C=O) groups is 1. The van der Waals surface area contributed by atoms with Crippen molar-refractivity contribution >= 4 is 11.7 Å². The van der Waals surface area contributed by atoms with Gasteiger partial charge in [0.2, 0.25) is 5.91 Å². The molecule has 8 heteroatoms. The summed E-state index contributed by atoms with van der Waals surface area (Å²) in [5.74, 6) is 1.64. The molecule has 2 aromatic heterocycles. The fraction of sp³-hybridized carbons (Fsp3) is 0.545. The maximum absolute atomic E-state index is 13.0. The lowest BCUT2D eigenvalue weighted by Gasteiger charge is -2.37. The summed E-state index contributed by atoms with van der Waals surface area (Å²) in [5, 5.41) is 3.51. The second-order valence-electron chi connectivity index (χ2n) is 8.44. The molecule has 1 aliphatic carbocycles. The number of aromatic nitrogens is 3. The SMILES string of the molecule is CO[C@@H]1C[C@H]2CN(C(=O)Cn3c(C)cc(C)nc3=O)C[C@H]2C[C@H]1Nc1ccccn1. The molecule has 3 heterocycles. The van der Waals surface area contributed by atoms with Crippen LogP contribution in [-0.2, 0) is 16.1 Å². The van der Waals surface area contributed by atoms with E-state index in [4.69, 9.17) is 4.74 Å². The number of fused-ring (bicyclic) bond motifs is 1. The van der Waals surface area contributed by atoms with Crippen LogP contribution in [0.5, 0.6) is 0 Å². The molecule has 0 bridgehead atoms. The highest BCUT2D eigenvalue weighted by Crippen LogP contribution is 2.38. The number of likely N-dealkylation sites (tertiary alicyclic amines) is 1. The lowest BCUT2D eigenvalue weighted by Crippen LogP contribution is -2.44. The Kier molecular flexibility index (Phi) is 5.85. The molecular formula is C22H29N5O3. The third kappa shape index (κ3) is 4.23. The monoisotopic (exact) mass is 411 g/mol. The third-order valence-corrected chi connectivity index (χ3v) is 6.41. The van der Waals surface area contributed by atoms with Crippen molar-refractivity contribution in [3.8, 4) is 0 Å². The summed E-state index contributed by atoms with van der Waals surface area (Å²) >= 11 is 0. The molecule has 30 heavy (non-hydrogen) atoms. The Hall–Kier alpha value is -2.74. The summed E-state index contributed by atoms with van der Waals surface area (Å²) in [7, 11) is 1.75. The number of hydrogen-bond donors (Lipinski definition) is 1. The summed E-state index contributed by atoms with van der Waals surface area (Å²) in [6.07, 6.45) is 3.68. The minimum Gasteiger partial charge on any atom is -0.379 e. The van der Waals surface area contributed by atoms with Gasteiger partial charge in [-0.15, -0.1) is 0 Å². The summed E-state index contributed by atoms with van der Waals surface area (Å²) in [6.45, 7) is 5.10. The van der Waals surface area contributed by atoms with Crippen LogP contribution in [0.4, 0.5) is 5.82 Å². The number of ether oxygens (including phenoxy) is 1. The van der Waals surface area contributed by atoms with Gasteiger partial charge in [-0.2, -0.15) is 4.98 Å². The van der Waals surface area contributed by atoms with Gasteiger partial charge in [0, 0.05) is 37.8 Å². The molecule has 1 saturated carbocycles. The van der Waals surface area contributed by atoms with Crippen LogP contribution < -0.4 is 11.0 Å². The maximum Gasteiger partial charge on any atom is 0.348 e. The van der Waals surface area contributed by atoms with Crippen molar-refractivity contribution in [1.29, 1.82) is 0 Å². The molecule has 1 N–H and O–H groups in total. The van der Waals surface area contributed by atoms with Gasteiger partial charge in [0.25, 0.3) is 0 Å². The Balaban J connectivity index is 1.43. The summed E-state index contributed by atoms with van der Waals surface area (Å²) < 4.78 is 7.23. The van der Waals surface area contributed by atoms with Crippen LogP contribution in [0.25, 0.3) is 0 Å². The van der Waals surface area contributed by atoms with Gasteiger partial charge in [-0.05, 0) is 56.7 Å². The van der Waals surface area contributed by atoms with Crippen molar-refractivity contribution in [3.63, 3.8) is 0 Å². The molecule has 160 valence electrons. The zero-order chi connectivity index (χ0) is 21.3. The first-order chi connectivity index (χ1) is 14.4. The number of rotatable bonds is 5. The van der Waals surface area contributed by atoms with Gasteiger partial charge in [-0.1, -0.05) is 6.07 Å². The van der Waals surface area contributed by atoms with Crippen molar-refractivity contribution in [1.82, 2.24) is 19.4 Å². The summed E-state index contributed by atoms with van der Waals surface area (Å²) in [4.78, 5) is 35.4. The molecule has 0 spiro atoms. The van der Waals surface area contributed by atoms with Gasteiger partial charge >= 0.3 is 5.69 Å². The number of hydrogen-bond acceptors (Lipinski definition) is 6. The number of pyridine rings is 1. The Morgan fingerprint density at radius 3 is 2.67 bits per heavy atom. The molecule has 4 rings (SSSR count). The number of aryl methyl sites for hydroxylation is 2. The molecule has 4 atom stereocenters. The van der Waals surface area contributed by atoms with Crippen LogP contribution in [-0.4, -0.2) is 57.7 Å². The Morgan fingerprint density at radius 1 is 1.23 bits per heavy atom. The zero-order valence-electron chi connectivity index (χ0n) is 17.7. The zero-order valence-corrected chi connectivity index (χ0v) is 17.7. The Labute approximate surface area is 176 Å². The molecule has 2 aliphatic rings. The van der Waals surface area contributed by atoms with E-state index in [2.05, 4.69) is 15.3 Å². The predicted molar refractivity (Wildman–Crippen MR) is 113 cm³/mol. The van der Waals surface area contributed by atoms with Crippen molar-refractivity contribution < 1.29 is 9.53 Å². The Bertz CT molecular complexity index is 961. The van der Waals surface area contributed by atoms with Gasteiger partial charge in [-0.25, -0.2) is 9.78 Å². The molecule has 0 aromatic carbocycles. The Morgan fingerprint density at radius 2 is 2.00 bits per heavy atom. The molecule has 1 saturated heterocycles. The van der Waals surface area contributed by atoms with E-state index in [-0.39, 0.29) is 30.3 Å². The van der Waals surface area contributed by atoms with E-state index in [1.807, 2.05) is 36.1 Å². The molecule has 0 radical (unpaired) electrons. The lowest BCUT2D eigenvalue weighted by atomic mass is 9.77. The van der Waals surface area contributed by atoms with E-state index in [9.17, 15) is 9.59 Å². The van der Waals surface area contributed by atoms with E-state index < -0.39 is 0 Å². The lowest BCUT2D eigenvalue weighted by molar-refractivity contribution is -0.131. The number of carbonyl (C=O) groups excluding carboxylic acids is 1. The van der Waals surface area contributed by atoms with Crippen molar-refractivity contribution in [3.05, 3.63) is 52.3 Å². The smallest absolute Gasteiger partial charge is 0.348 e. The normalized spacial score (nSPS) is 25.8. The van der Waals surface area contributed by atoms with Crippen LogP contribution in [0.15, 0.2) is 35.3 Å². The maximum atomic E-state index is 13.0. The van der Waals surface area contributed by atoms with Gasteiger partial charge in [0.15, 0.2) is 0 Å². The highest BCUT2D eigenvalue weighted by Gasteiger charge is 2.43. The fourth-order valence-electron chi connectivity index (χ4n) is 4.87. The van der Waals surface area contributed by atoms with Crippen molar-refractivity contribution in [2.24, 2.45) is 11.8 Å². The number of methoxy groups -OCH3 is 1. The highest BCUT2D eigenvalue weighted by atomic mass is 16.5. The molecule has 2 fully saturated rings. The first-order valence-corrected chi connectivity index (χ1v) is 10.5. The second-order valence-corrected chi connectivity index (χ2v) is 8.44. The topological polar surface area (TPSA) is 89.4 Å². The molecular weight excluding hydrogens is 382 g/mol. The van der Waals surface area contributed by atoms with Crippen LogP contribution in [0, 0.1) is 25.7 Å². The largest absolute Gasteiger partial charge is 0.379 e. The predicted octanol–water partition coefficient (Wildman–Crippen LogP) is 1.62. The molecule has 0 unspecified atom stereocenters. The minimum absolute atomic E-state index is 0.0246. The number of nitrogens with zero attached hydrogens (tertiary/aromatic N) is 4. The van der Waals surface area contributed by atoms with E-state index >= 15 is 0 Å². The summed E-state index contributed by atoms with van der Waals surface area (Å²) in [5.41, 5.74) is 1.07. The van der Waals surface area contributed by atoms with E-state index in [1.54, 1.807) is 20.2 Å². The van der Waals surface area contributed by atoms with Crippen LogP contribution in [0.3, 0.4) is 0 Å². The number of nitrogens with one attached hydrogen (secondary N) is 1. The standard InChI is InChI=1S/C22H29N5O3/c1-14-8-15(2)27(22(29)24-14)13-21(28)26-11-16-9-18(19(30-3)10-17(16)12-26)25-20-6-4-5-7-23-20/h4-8,16-19H,9-13H2,1-3H3,(H,23,25)/t16-,17+,18-,19-/m1/s1. The van der Waals surface area contributed by atoms with Crippen LogP contribution in [0.1, 0.15) is 24.2 Å². The first-order valence-electron chi connectivity index (χ1n) is 10.5. The molecule has 2 aromatic rings. The highest BCUT2D eigenvalue weighted by molar-refractivity contribution is 5.76. The first kappa shape index (κ1) is 20.5. The molecule has 1 amide bonds. The van der Waals surface area contributed by atoms with Crippen molar-refractivity contribution in [2.45, 2.75) is 45.4 Å². The van der Waals surface area contributed by atoms with E-state index in [0.29, 0.717) is 30.6 Å². The third-order valence-electron chi connectivity index (χ3n) is 6.41.